The molecule has 0 unspecified atom stereocenters. The summed E-state index contributed by atoms with van der Waals surface area (Å²) in [5, 5.41) is 9.99. The van der Waals surface area contributed by atoms with Gasteiger partial charge in [-0.2, -0.15) is 0 Å². The Morgan fingerprint density at radius 2 is 2.00 bits per heavy atom. The summed E-state index contributed by atoms with van der Waals surface area (Å²) < 4.78 is 0. The first kappa shape index (κ1) is 10.5. The lowest BCUT2D eigenvalue weighted by Gasteiger charge is -2.43. The van der Waals surface area contributed by atoms with Crippen LogP contribution in [0.3, 0.4) is 0 Å². The summed E-state index contributed by atoms with van der Waals surface area (Å²) in [5.74, 6) is 0.420. The smallest absolute Gasteiger partial charge is 0.119 e. The Kier molecular flexibility index (Phi) is 2.47. The van der Waals surface area contributed by atoms with Crippen molar-refractivity contribution in [1.82, 2.24) is 0 Å². The van der Waals surface area contributed by atoms with Crippen molar-refractivity contribution in [2.75, 3.05) is 6.54 Å². The zero-order valence-corrected chi connectivity index (χ0v) is 9.51. The maximum absolute atomic E-state index is 9.99. The van der Waals surface area contributed by atoms with Crippen LogP contribution in [0, 0.1) is 13.8 Å². The van der Waals surface area contributed by atoms with Crippen molar-refractivity contribution >= 4 is 0 Å². The summed E-state index contributed by atoms with van der Waals surface area (Å²) >= 11 is 0. The Bertz CT molecular complexity index is 375. The summed E-state index contributed by atoms with van der Waals surface area (Å²) in [6.07, 6.45) is 3.45. The highest BCUT2D eigenvalue weighted by molar-refractivity contribution is 5.49. The van der Waals surface area contributed by atoms with Gasteiger partial charge in [-0.15, -0.1) is 0 Å². The van der Waals surface area contributed by atoms with Gasteiger partial charge in [-0.1, -0.05) is 12.5 Å². The fourth-order valence-electron chi connectivity index (χ4n) is 2.63. The molecule has 2 nitrogen and oxygen atoms in total. The molecule has 3 N–H and O–H groups in total. The summed E-state index contributed by atoms with van der Waals surface area (Å²) in [4.78, 5) is 0. The van der Waals surface area contributed by atoms with Gasteiger partial charge >= 0.3 is 0 Å². The molecule has 0 spiro atoms. The molecule has 0 amide bonds. The predicted molar refractivity (Wildman–Crippen MR) is 62.2 cm³/mol. The van der Waals surface area contributed by atoms with Crippen molar-refractivity contribution in [2.24, 2.45) is 5.73 Å². The minimum absolute atomic E-state index is 0.0557. The van der Waals surface area contributed by atoms with Gasteiger partial charge in [0.15, 0.2) is 0 Å². The number of nitrogens with two attached hydrogens (primary N) is 1. The van der Waals surface area contributed by atoms with E-state index in [9.17, 15) is 5.11 Å². The predicted octanol–water partition coefficient (Wildman–Crippen LogP) is 2.39. The van der Waals surface area contributed by atoms with Crippen molar-refractivity contribution in [3.8, 4) is 5.75 Å². The Labute approximate surface area is 91.1 Å². The lowest BCUT2D eigenvalue weighted by atomic mass is 9.63. The number of hydrogen-bond donors (Lipinski definition) is 2. The molecule has 1 aliphatic rings. The van der Waals surface area contributed by atoms with Crippen LogP contribution in [0.4, 0.5) is 0 Å². The van der Waals surface area contributed by atoms with Gasteiger partial charge in [-0.3, -0.25) is 0 Å². The lowest BCUT2D eigenvalue weighted by molar-refractivity contribution is 0.243. The van der Waals surface area contributed by atoms with E-state index in [1.807, 2.05) is 6.07 Å². The van der Waals surface area contributed by atoms with Crippen LogP contribution in [0.5, 0.6) is 5.75 Å². The third-order valence-electron chi connectivity index (χ3n) is 3.95. The van der Waals surface area contributed by atoms with Crippen molar-refractivity contribution in [3.63, 3.8) is 0 Å². The highest BCUT2D eigenvalue weighted by Crippen LogP contribution is 2.47. The standard InChI is InChI=1S/C13H19NO/c1-9-4-5-11(15)12(10(9)2)13(8-14)6-3-7-13/h4-5,15H,3,6-8,14H2,1-2H3. The molecule has 0 atom stereocenters. The van der Waals surface area contributed by atoms with Gasteiger partial charge in [0.25, 0.3) is 0 Å². The molecule has 0 radical (unpaired) electrons. The molecular weight excluding hydrogens is 186 g/mol. The molecule has 2 rings (SSSR count). The lowest BCUT2D eigenvalue weighted by Crippen LogP contribution is -2.42. The molecule has 0 aromatic heterocycles. The van der Waals surface area contributed by atoms with Crippen molar-refractivity contribution in [1.29, 1.82) is 0 Å². The summed E-state index contributed by atoms with van der Waals surface area (Å²) in [7, 11) is 0. The van der Waals surface area contributed by atoms with E-state index in [-0.39, 0.29) is 5.41 Å². The third-order valence-corrected chi connectivity index (χ3v) is 3.95. The van der Waals surface area contributed by atoms with E-state index in [0.717, 1.165) is 18.4 Å². The average Bonchev–Trinajstić information content (AvgIpc) is 2.16. The largest absolute Gasteiger partial charge is 0.508 e. The van der Waals surface area contributed by atoms with Crippen LogP contribution >= 0.6 is 0 Å². The van der Waals surface area contributed by atoms with Gasteiger partial charge < -0.3 is 10.8 Å². The topological polar surface area (TPSA) is 46.2 Å². The van der Waals surface area contributed by atoms with Gasteiger partial charge in [0.2, 0.25) is 0 Å². The zero-order chi connectivity index (χ0) is 11.1. The van der Waals surface area contributed by atoms with Crippen LogP contribution in [-0.4, -0.2) is 11.7 Å². The van der Waals surface area contributed by atoms with Crippen LogP contribution < -0.4 is 5.73 Å². The number of phenolic OH excluding ortho intramolecular Hbond substituents is 1. The molecule has 1 fully saturated rings. The molecule has 0 saturated heterocycles. The SMILES string of the molecule is Cc1ccc(O)c(C2(CN)CCC2)c1C. The van der Waals surface area contributed by atoms with Gasteiger partial charge in [-0.25, -0.2) is 0 Å². The second kappa shape index (κ2) is 3.53. The van der Waals surface area contributed by atoms with E-state index in [0.29, 0.717) is 12.3 Å². The van der Waals surface area contributed by atoms with Crippen LogP contribution in [-0.2, 0) is 5.41 Å². The van der Waals surface area contributed by atoms with Crippen molar-refractivity contribution in [3.05, 3.63) is 28.8 Å². The van der Waals surface area contributed by atoms with E-state index in [4.69, 9.17) is 5.73 Å². The fraction of sp³-hybridized carbons (Fsp3) is 0.538. The number of phenols is 1. The molecule has 1 aromatic carbocycles. The summed E-state index contributed by atoms with van der Waals surface area (Å²) in [5.41, 5.74) is 9.47. The Hall–Kier alpha value is -1.02. The number of rotatable bonds is 2. The molecule has 0 aliphatic heterocycles. The summed E-state index contributed by atoms with van der Waals surface area (Å²) in [6, 6.07) is 3.77. The molecule has 0 heterocycles. The second-order valence-electron chi connectivity index (χ2n) is 4.74. The van der Waals surface area contributed by atoms with E-state index >= 15 is 0 Å². The first-order valence-electron chi connectivity index (χ1n) is 5.60. The number of benzene rings is 1. The molecule has 0 bridgehead atoms. The van der Waals surface area contributed by atoms with Crippen LogP contribution in [0.1, 0.15) is 36.0 Å². The van der Waals surface area contributed by atoms with E-state index in [1.165, 1.54) is 17.5 Å². The Balaban J connectivity index is 2.55. The van der Waals surface area contributed by atoms with Gasteiger partial charge in [0.05, 0.1) is 0 Å². The normalized spacial score (nSPS) is 18.6. The van der Waals surface area contributed by atoms with Crippen molar-refractivity contribution < 1.29 is 5.11 Å². The Morgan fingerprint density at radius 1 is 1.33 bits per heavy atom. The monoisotopic (exact) mass is 205 g/mol. The third kappa shape index (κ3) is 1.44. The van der Waals surface area contributed by atoms with Crippen LogP contribution in [0.2, 0.25) is 0 Å². The van der Waals surface area contributed by atoms with Crippen LogP contribution in [0.15, 0.2) is 12.1 Å². The van der Waals surface area contributed by atoms with Crippen molar-refractivity contribution in [2.45, 2.75) is 38.5 Å². The van der Waals surface area contributed by atoms with E-state index in [2.05, 4.69) is 13.8 Å². The average molecular weight is 205 g/mol. The quantitative estimate of drug-likeness (QED) is 0.778. The van der Waals surface area contributed by atoms with E-state index < -0.39 is 0 Å². The zero-order valence-electron chi connectivity index (χ0n) is 9.51. The maximum Gasteiger partial charge on any atom is 0.119 e. The van der Waals surface area contributed by atoms with E-state index in [1.54, 1.807) is 6.07 Å². The first-order chi connectivity index (χ1) is 7.10. The Morgan fingerprint density at radius 3 is 2.47 bits per heavy atom. The van der Waals surface area contributed by atoms with Gasteiger partial charge in [-0.05, 0) is 43.9 Å². The maximum atomic E-state index is 9.99. The number of aromatic hydroxyl groups is 1. The fourth-order valence-corrected chi connectivity index (χ4v) is 2.63. The molecule has 82 valence electrons. The molecule has 2 heteroatoms. The molecule has 1 aliphatic carbocycles. The minimum atomic E-state index is 0.0557. The molecular formula is C13H19NO. The first-order valence-corrected chi connectivity index (χ1v) is 5.60. The molecule has 15 heavy (non-hydrogen) atoms. The number of aryl methyl sites for hydroxylation is 1. The highest BCUT2D eigenvalue weighted by atomic mass is 16.3. The van der Waals surface area contributed by atoms with Gasteiger partial charge in [0, 0.05) is 17.5 Å². The molecule has 1 saturated carbocycles. The number of hydrogen-bond acceptors (Lipinski definition) is 2. The van der Waals surface area contributed by atoms with Crippen LogP contribution in [0.25, 0.3) is 0 Å². The minimum Gasteiger partial charge on any atom is -0.508 e. The highest BCUT2D eigenvalue weighted by Gasteiger charge is 2.40. The second-order valence-corrected chi connectivity index (χ2v) is 4.74. The summed E-state index contributed by atoms with van der Waals surface area (Å²) in [6.45, 7) is 4.81. The molecule has 1 aromatic rings. The van der Waals surface area contributed by atoms with Gasteiger partial charge in [0.1, 0.15) is 5.75 Å².